The highest BCUT2D eigenvalue weighted by Gasteiger charge is 2.29. The number of ether oxygens (including phenoxy) is 1. The summed E-state index contributed by atoms with van der Waals surface area (Å²) in [5.41, 5.74) is 2.46. The molecule has 0 unspecified atom stereocenters. The van der Waals surface area contributed by atoms with Crippen molar-refractivity contribution in [2.24, 2.45) is 0 Å². The van der Waals surface area contributed by atoms with Crippen molar-refractivity contribution in [1.29, 1.82) is 0 Å². The Kier molecular flexibility index (Phi) is 5.77. The van der Waals surface area contributed by atoms with Gasteiger partial charge in [-0.3, -0.25) is 4.79 Å². The van der Waals surface area contributed by atoms with Crippen LogP contribution >= 0.6 is 11.3 Å². The standard InChI is InChI=1S/C16H16FN3O4S2/c17-14-3-1-12(19-16(21)4-2-13-10-25-11-18-13)9-15(14)26(22,23)20-5-7-24-8-6-20/h1-4,9-11H,5-8H2,(H,19,21)/b4-2+. The highest BCUT2D eigenvalue weighted by atomic mass is 32.2. The minimum absolute atomic E-state index is 0.161. The molecule has 0 saturated carbocycles. The number of anilines is 1. The number of aromatic nitrogens is 1. The van der Waals surface area contributed by atoms with Gasteiger partial charge in [0.1, 0.15) is 10.7 Å². The van der Waals surface area contributed by atoms with Gasteiger partial charge in [0.15, 0.2) is 0 Å². The zero-order valence-corrected chi connectivity index (χ0v) is 15.2. The van der Waals surface area contributed by atoms with E-state index in [9.17, 15) is 17.6 Å². The molecule has 1 aromatic carbocycles. The summed E-state index contributed by atoms with van der Waals surface area (Å²) in [4.78, 5) is 15.5. The first-order valence-electron chi connectivity index (χ1n) is 7.71. The molecule has 0 spiro atoms. The maximum Gasteiger partial charge on any atom is 0.248 e. The second-order valence-electron chi connectivity index (χ2n) is 5.40. The van der Waals surface area contributed by atoms with Crippen molar-refractivity contribution in [3.8, 4) is 0 Å². The van der Waals surface area contributed by atoms with E-state index in [0.717, 1.165) is 12.1 Å². The van der Waals surface area contributed by atoms with Crippen LogP contribution in [-0.2, 0) is 19.6 Å². The van der Waals surface area contributed by atoms with Crippen molar-refractivity contribution in [1.82, 2.24) is 9.29 Å². The number of hydrogen-bond donors (Lipinski definition) is 1. The fourth-order valence-electron chi connectivity index (χ4n) is 2.35. The lowest BCUT2D eigenvalue weighted by atomic mass is 10.3. The molecule has 1 N–H and O–H groups in total. The molecule has 1 amide bonds. The normalized spacial score (nSPS) is 16.0. The number of sulfonamides is 1. The van der Waals surface area contributed by atoms with E-state index in [1.54, 1.807) is 10.9 Å². The van der Waals surface area contributed by atoms with E-state index in [1.165, 1.54) is 33.9 Å². The summed E-state index contributed by atoms with van der Waals surface area (Å²) in [5, 5.41) is 4.30. The number of nitrogens with zero attached hydrogens (tertiary/aromatic N) is 2. The second-order valence-corrected chi connectivity index (χ2v) is 8.02. The first kappa shape index (κ1) is 18.6. The van der Waals surface area contributed by atoms with E-state index in [0.29, 0.717) is 5.69 Å². The van der Waals surface area contributed by atoms with Gasteiger partial charge in [-0.05, 0) is 24.3 Å². The Morgan fingerprint density at radius 3 is 2.81 bits per heavy atom. The molecule has 10 heteroatoms. The lowest BCUT2D eigenvalue weighted by molar-refractivity contribution is -0.111. The van der Waals surface area contributed by atoms with Crippen molar-refractivity contribution < 1.29 is 22.3 Å². The zero-order valence-electron chi connectivity index (χ0n) is 13.6. The van der Waals surface area contributed by atoms with Gasteiger partial charge in [-0.1, -0.05) is 0 Å². The number of halogens is 1. The minimum atomic E-state index is -4.00. The minimum Gasteiger partial charge on any atom is -0.379 e. The number of hydrogen-bond acceptors (Lipinski definition) is 6. The third kappa shape index (κ3) is 4.33. The Morgan fingerprint density at radius 1 is 1.35 bits per heavy atom. The van der Waals surface area contributed by atoms with Crippen molar-refractivity contribution in [3.63, 3.8) is 0 Å². The quantitative estimate of drug-likeness (QED) is 0.779. The Bertz CT molecular complexity index is 908. The third-order valence-electron chi connectivity index (χ3n) is 3.64. The van der Waals surface area contributed by atoms with Crippen molar-refractivity contribution >= 4 is 39.0 Å². The Hall–Kier alpha value is -2.14. The fraction of sp³-hybridized carbons (Fsp3) is 0.250. The van der Waals surface area contributed by atoms with Gasteiger partial charge >= 0.3 is 0 Å². The molecule has 1 saturated heterocycles. The Morgan fingerprint density at radius 2 is 2.12 bits per heavy atom. The average Bonchev–Trinajstić information content (AvgIpc) is 3.16. The maximum absolute atomic E-state index is 14.1. The molecule has 1 aliphatic rings. The molecule has 7 nitrogen and oxygen atoms in total. The predicted molar refractivity (Wildman–Crippen MR) is 95.8 cm³/mol. The summed E-state index contributed by atoms with van der Waals surface area (Å²) in [5.74, 6) is -1.34. The van der Waals surface area contributed by atoms with Crippen LogP contribution in [-0.4, -0.2) is 49.9 Å². The van der Waals surface area contributed by atoms with Crippen molar-refractivity contribution in [3.05, 3.63) is 46.7 Å². The van der Waals surface area contributed by atoms with E-state index >= 15 is 0 Å². The van der Waals surface area contributed by atoms with Crippen molar-refractivity contribution in [2.75, 3.05) is 31.6 Å². The van der Waals surface area contributed by atoms with Crippen LogP contribution in [0.25, 0.3) is 6.08 Å². The van der Waals surface area contributed by atoms with E-state index in [1.807, 2.05) is 0 Å². The lowest BCUT2D eigenvalue weighted by Gasteiger charge is -2.26. The molecule has 0 aliphatic carbocycles. The lowest BCUT2D eigenvalue weighted by Crippen LogP contribution is -2.40. The van der Waals surface area contributed by atoms with E-state index in [-0.39, 0.29) is 32.0 Å². The molecule has 1 aliphatic heterocycles. The van der Waals surface area contributed by atoms with Gasteiger partial charge in [-0.15, -0.1) is 11.3 Å². The molecule has 3 rings (SSSR count). The largest absolute Gasteiger partial charge is 0.379 e. The number of amides is 1. The number of carbonyl (C=O) groups excluding carboxylic acids is 1. The maximum atomic E-state index is 14.1. The Labute approximate surface area is 154 Å². The van der Waals surface area contributed by atoms with Gasteiger partial charge in [0, 0.05) is 30.2 Å². The summed E-state index contributed by atoms with van der Waals surface area (Å²) >= 11 is 1.40. The number of carbonyl (C=O) groups is 1. The third-order valence-corrected chi connectivity index (χ3v) is 6.16. The molecular formula is C16H16FN3O4S2. The topological polar surface area (TPSA) is 88.6 Å². The van der Waals surface area contributed by atoms with Crippen LogP contribution < -0.4 is 5.32 Å². The number of rotatable bonds is 5. The molecule has 138 valence electrons. The summed E-state index contributed by atoms with van der Waals surface area (Å²) in [7, 11) is -4.00. The molecule has 2 heterocycles. The van der Waals surface area contributed by atoms with Crippen LogP contribution in [0.1, 0.15) is 5.69 Å². The van der Waals surface area contributed by atoms with E-state index in [2.05, 4.69) is 10.3 Å². The average molecular weight is 397 g/mol. The second kappa shape index (κ2) is 8.04. The summed E-state index contributed by atoms with van der Waals surface area (Å²) < 4.78 is 45.7. The van der Waals surface area contributed by atoms with Crippen LogP contribution in [0, 0.1) is 5.82 Å². The first-order chi connectivity index (χ1) is 12.5. The van der Waals surface area contributed by atoms with Crippen LogP contribution in [0.5, 0.6) is 0 Å². The van der Waals surface area contributed by atoms with Crippen LogP contribution in [0.3, 0.4) is 0 Å². The number of nitrogens with one attached hydrogen (secondary N) is 1. The van der Waals surface area contributed by atoms with Crippen LogP contribution in [0.4, 0.5) is 10.1 Å². The highest BCUT2D eigenvalue weighted by Crippen LogP contribution is 2.24. The molecule has 0 radical (unpaired) electrons. The van der Waals surface area contributed by atoms with Gasteiger partial charge in [0.05, 0.1) is 24.4 Å². The van der Waals surface area contributed by atoms with Gasteiger partial charge in [-0.2, -0.15) is 4.31 Å². The number of benzene rings is 1. The van der Waals surface area contributed by atoms with Crippen molar-refractivity contribution in [2.45, 2.75) is 4.90 Å². The zero-order chi connectivity index (χ0) is 18.6. The number of thiazole rings is 1. The molecule has 1 fully saturated rings. The molecule has 2 aromatic rings. The highest BCUT2D eigenvalue weighted by molar-refractivity contribution is 7.89. The first-order valence-corrected chi connectivity index (χ1v) is 10.1. The molecule has 0 bridgehead atoms. The SMILES string of the molecule is O=C(/C=C/c1cscn1)Nc1ccc(F)c(S(=O)(=O)N2CCOCC2)c1. The van der Waals surface area contributed by atoms with Gasteiger partial charge < -0.3 is 10.1 Å². The van der Waals surface area contributed by atoms with Gasteiger partial charge in [-0.25, -0.2) is 17.8 Å². The summed E-state index contributed by atoms with van der Waals surface area (Å²) in [6, 6.07) is 3.45. The monoisotopic (exact) mass is 397 g/mol. The molecule has 0 atom stereocenters. The van der Waals surface area contributed by atoms with Crippen LogP contribution in [0.15, 0.2) is 40.1 Å². The van der Waals surface area contributed by atoms with Gasteiger partial charge in [0.2, 0.25) is 15.9 Å². The number of morpholine rings is 1. The predicted octanol–water partition coefficient (Wildman–Crippen LogP) is 1.96. The summed E-state index contributed by atoms with van der Waals surface area (Å²) in [6.45, 7) is 0.848. The molecule has 1 aromatic heterocycles. The Balaban J connectivity index is 1.78. The molecule has 26 heavy (non-hydrogen) atoms. The van der Waals surface area contributed by atoms with Gasteiger partial charge in [0.25, 0.3) is 0 Å². The van der Waals surface area contributed by atoms with E-state index < -0.39 is 26.6 Å². The smallest absolute Gasteiger partial charge is 0.248 e. The van der Waals surface area contributed by atoms with E-state index in [4.69, 9.17) is 4.74 Å². The summed E-state index contributed by atoms with van der Waals surface area (Å²) in [6.07, 6.45) is 2.80. The fourth-order valence-corrected chi connectivity index (χ4v) is 4.37. The van der Waals surface area contributed by atoms with Crippen LogP contribution in [0.2, 0.25) is 0 Å². The molecular weight excluding hydrogens is 381 g/mol.